The van der Waals surface area contributed by atoms with Gasteiger partial charge in [-0.1, -0.05) is 0 Å². The third-order valence-corrected chi connectivity index (χ3v) is 3.52. The molecule has 2 unspecified atom stereocenters. The molecule has 1 aliphatic rings. The molecule has 0 aromatic heterocycles. The molecule has 0 aromatic carbocycles. The predicted octanol–water partition coefficient (Wildman–Crippen LogP) is -0.489. The third kappa shape index (κ3) is 1.75. The summed E-state index contributed by atoms with van der Waals surface area (Å²) in [5, 5.41) is 17.5. The summed E-state index contributed by atoms with van der Waals surface area (Å²) in [5.41, 5.74) is 0. The van der Waals surface area contributed by atoms with Gasteiger partial charge in [0.1, 0.15) is 0 Å². The third-order valence-electron chi connectivity index (χ3n) is 1.22. The first-order chi connectivity index (χ1) is 3.79. The molecule has 0 amide bonds. The van der Waals surface area contributed by atoms with E-state index in [9.17, 15) is 0 Å². The molecule has 0 saturated carbocycles. The van der Waals surface area contributed by atoms with Crippen molar-refractivity contribution in [2.45, 2.75) is 29.3 Å². The van der Waals surface area contributed by atoms with Crippen molar-refractivity contribution >= 4 is 15.0 Å². The van der Waals surface area contributed by atoms with Gasteiger partial charge in [-0.15, -0.1) is 0 Å². The van der Waals surface area contributed by atoms with Gasteiger partial charge in [-0.2, -0.15) is 0 Å². The van der Waals surface area contributed by atoms with Crippen LogP contribution in [-0.2, 0) is 0 Å². The Bertz CT molecular complexity index is 68.8. The fourth-order valence-electron chi connectivity index (χ4n) is 0.784. The summed E-state index contributed by atoms with van der Waals surface area (Å²) in [4.78, 5) is 0. The van der Waals surface area contributed by atoms with E-state index in [0.717, 1.165) is 19.3 Å². The van der Waals surface area contributed by atoms with Crippen molar-refractivity contribution in [3.8, 4) is 0 Å². The summed E-state index contributed by atoms with van der Waals surface area (Å²) < 4.78 is 0. The van der Waals surface area contributed by atoms with Crippen LogP contribution in [0, 0.1) is 0 Å². The van der Waals surface area contributed by atoms with E-state index >= 15 is 0 Å². The predicted molar refractivity (Wildman–Crippen MR) is 31.6 cm³/mol. The molecule has 48 valence electrons. The van der Waals surface area contributed by atoms with Crippen molar-refractivity contribution in [2.75, 3.05) is 0 Å². The van der Waals surface area contributed by atoms with Gasteiger partial charge >= 0.3 is 54.4 Å². The summed E-state index contributed by atoms with van der Waals surface area (Å²) in [6.45, 7) is 0. The Hall–Kier alpha value is 0.439. The first kappa shape index (κ1) is 6.56. The summed E-state index contributed by atoms with van der Waals surface area (Å²) >= 11 is 0.0816. The Morgan fingerprint density at radius 3 is 1.88 bits per heavy atom. The van der Waals surface area contributed by atoms with E-state index in [1.807, 2.05) is 0 Å². The van der Waals surface area contributed by atoms with Crippen LogP contribution in [0.1, 0.15) is 19.3 Å². The van der Waals surface area contributed by atoms with E-state index in [-0.39, 0.29) is 25.0 Å². The van der Waals surface area contributed by atoms with Gasteiger partial charge in [-0.25, -0.2) is 0 Å². The molecule has 0 spiro atoms. The van der Waals surface area contributed by atoms with Crippen LogP contribution in [0.25, 0.3) is 0 Å². The minimum atomic E-state index is -0.175. The second-order valence-electron chi connectivity index (χ2n) is 1.98. The average Bonchev–Trinajstić information content (AvgIpc) is 1.64. The molecule has 0 bridgehead atoms. The topological polar surface area (TPSA) is 40.5 Å². The number of aliphatic hydroxyl groups is 2. The van der Waals surface area contributed by atoms with Gasteiger partial charge in [0.25, 0.3) is 0 Å². The van der Waals surface area contributed by atoms with Gasteiger partial charge in [-0.3, -0.25) is 0 Å². The van der Waals surface area contributed by atoms with Gasteiger partial charge in [0.05, 0.1) is 0 Å². The first-order valence-corrected chi connectivity index (χ1v) is 4.78. The Balaban J connectivity index is 2.23. The van der Waals surface area contributed by atoms with Gasteiger partial charge in [0.15, 0.2) is 0 Å². The molecule has 2 N–H and O–H groups in total. The van der Waals surface area contributed by atoms with Crippen molar-refractivity contribution in [1.29, 1.82) is 0 Å². The molecular formula is C5H10O2Se. The molecule has 1 rings (SSSR count). The molecule has 0 aromatic rings. The quantitative estimate of drug-likeness (QED) is 0.495. The number of aliphatic hydroxyl groups excluding tert-OH is 2. The average molecular weight is 181 g/mol. The molecular weight excluding hydrogens is 171 g/mol. The fourth-order valence-corrected chi connectivity index (χ4v) is 2.82. The van der Waals surface area contributed by atoms with Crippen LogP contribution < -0.4 is 0 Å². The maximum absolute atomic E-state index is 8.95. The van der Waals surface area contributed by atoms with Crippen molar-refractivity contribution in [3.63, 3.8) is 0 Å². The monoisotopic (exact) mass is 182 g/mol. The Labute approximate surface area is 55.1 Å². The zero-order chi connectivity index (χ0) is 5.98. The van der Waals surface area contributed by atoms with E-state index in [1.165, 1.54) is 0 Å². The molecule has 0 aliphatic carbocycles. The summed E-state index contributed by atoms with van der Waals surface area (Å²) in [5.74, 6) is 0. The molecule has 1 heterocycles. The Morgan fingerprint density at radius 1 is 1.12 bits per heavy atom. The van der Waals surface area contributed by atoms with Crippen LogP contribution in [0.3, 0.4) is 0 Å². The SMILES string of the molecule is OC1CCCC(O)[Se]1. The summed E-state index contributed by atoms with van der Waals surface area (Å²) in [6, 6.07) is 0. The number of hydrogen-bond donors (Lipinski definition) is 2. The number of hydrogen-bond acceptors (Lipinski definition) is 2. The van der Waals surface area contributed by atoms with Crippen LogP contribution in [0.4, 0.5) is 0 Å². The second kappa shape index (κ2) is 2.83. The van der Waals surface area contributed by atoms with Crippen molar-refractivity contribution in [3.05, 3.63) is 0 Å². The van der Waals surface area contributed by atoms with Crippen LogP contribution in [0.5, 0.6) is 0 Å². The second-order valence-corrected chi connectivity index (χ2v) is 4.83. The fraction of sp³-hybridized carbons (Fsp3) is 1.00. The maximum atomic E-state index is 8.95. The molecule has 0 radical (unpaired) electrons. The van der Waals surface area contributed by atoms with Crippen LogP contribution in [-0.4, -0.2) is 35.2 Å². The van der Waals surface area contributed by atoms with Crippen molar-refractivity contribution < 1.29 is 10.2 Å². The van der Waals surface area contributed by atoms with Crippen LogP contribution in [0.15, 0.2) is 0 Å². The summed E-state index contributed by atoms with van der Waals surface area (Å²) in [6.07, 6.45) is 2.79. The zero-order valence-corrected chi connectivity index (χ0v) is 6.29. The molecule has 2 nitrogen and oxygen atoms in total. The number of rotatable bonds is 0. The minimum absolute atomic E-state index is 0.0816. The van der Waals surface area contributed by atoms with Gasteiger partial charge < -0.3 is 0 Å². The molecule has 2 atom stereocenters. The van der Waals surface area contributed by atoms with Crippen LogP contribution in [0.2, 0.25) is 0 Å². The first-order valence-electron chi connectivity index (χ1n) is 2.80. The molecule has 3 heteroatoms. The Kier molecular flexibility index (Phi) is 2.32. The van der Waals surface area contributed by atoms with Crippen LogP contribution >= 0.6 is 0 Å². The van der Waals surface area contributed by atoms with E-state index in [4.69, 9.17) is 10.2 Å². The van der Waals surface area contributed by atoms with Crippen molar-refractivity contribution in [2.24, 2.45) is 0 Å². The van der Waals surface area contributed by atoms with E-state index in [1.54, 1.807) is 0 Å². The zero-order valence-electron chi connectivity index (χ0n) is 4.58. The van der Waals surface area contributed by atoms with Gasteiger partial charge in [-0.05, 0) is 0 Å². The molecule has 1 aliphatic heterocycles. The standard InChI is InChI=1S/C5H10O2Se/c6-4-2-1-3-5(7)8-4/h4-7H,1-3H2. The molecule has 8 heavy (non-hydrogen) atoms. The van der Waals surface area contributed by atoms with E-state index < -0.39 is 0 Å². The van der Waals surface area contributed by atoms with E-state index in [2.05, 4.69) is 0 Å². The normalized spacial score (nSPS) is 39.8. The molecule has 1 fully saturated rings. The van der Waals surface area contributed by atoms with Crippen molar-refractivity contribution in [1.82, 2.24) is 0 Å². The van der Waals surface area contributed by atoms with Gasteiger partial charge in [0.2, 0.25) is 0 Å². The van der Waals surface area contributed by atoms with E-state index in [0.29, 0.717) is 0 Å². The summed E-state index contributed by atoms with van der Waals surface area (Å²) in [7, 11) is 0. The van der Waals surface area contributed by atoms with Gasteiger partial charge in [0, 0.05) is 0 Å². The Morgan fingerprint density at radius 2 is 1.62 bits per heavy atom. The molecule has 1 saturated heterocycles.